The SMILES string of the molecule is [2H]C([2H])([2H])Oc1c(Cl)ccnc1CSc1nc2cc(OC(F)F)ccc2[nH]1. The molecule has 3 rings (SSSR count). The van der Waals surface area contributed by atoms with E-state index in [1.807, 2.05) is 0 Å². The van der Waals surface area contributed by atoms with Crippen molar-refractivity contribution in [3.8, 4) is 11.5 Å². The Bertz CT molecular complexity index is 956. The average Bonchev–Trinajstić information content (AvgIpc) is 2.96. The van der Waals surface area contributed by atoms with Gasteiger partial charge in [-0.1, -0.05) is 23.4 Å². The maximum Gasteiger partial charge on any atom is 0.387 e. The summed E-state index contributed by atoms with van der Waals surface area (Å²) < 4.78 is 55.6. The van der Waals surface area contributed by atoms with E-state index in [2.05, 4.69) is 19.7 Å². The van der Waals surface area contributed by atoms with Gasteiger partial charge in [-0.15, -0.1) is 0 Å². The molecule has 0 radical (unpaired) electrons. The minimum absolute atomic E-state index is 0.00502. The Kier molecular flexibility index (Phi) is 3.99. The van der Waals surface area contributed by atoms with Gasteiger partial charge in [0.05, 0.1) is 32.9 Å². The molecule has 0 bridgehead atoms. The molecule has 2 heterocycles. The number of pyridine rings is 1. The fourth-order valence-electron chi connectivity index (χ4n) is 2.02. The lowest BCUT2D eigenvalue weighted by Gasteiger charge is -2.07. The highest BCUT2D eigenvalue weighted by Gasteiger charge is 2.12. The number of benzene rings is 1. The number of fused-ring (bicyclic) bond motifs is 1. The van der Waals surface area contributed by atoms with Crippen LogP contribution in [0.4, 0.5) is 8.78 Å². The molecule has 0 aliphatic rings. The van der Waals surface area contributed by atoms with Crippen molar-refractivity contribution in [2.75, 3.05) is 7.04 Å². The Morgan fingerprint density at radius 2 is 2.29 bits per heavy atom. The summed E-state index contributed by atoms with van der Waals surface area (Å²) in [6.07, 6.45) is 1.44. The molecule has 0 spiro atoms. The fourth-order valence-corrected chi connectivity index (χ4v) is 3.05. The maximum absolute atomic E-state index is 12.3. The number of imidazole rings is 1. The van der Waals surface area contributed by atoms with Crippen LogP contribution in [0.3, 0.4) is 0 Å². The van der Waals surface area contributed by atoms with E-state index in [-0.39, 0.29) is 22.3 Å². The van der Waals surface area contributed by atoms with Crippen LogP contribution in [0.1, 0.15) is 9.81 Å². The van der Waals surface area contributed by atoms with Crippen LogP contribution in [-0.2, 0) is 5.75 Å². The van der Waals surface area contributed by atoms with Crippen molar-refractivity contribution >= 4 is 34.4 Å². The van der Waals surface area contributed by atoms with E-state index in [4.69, 9.17) is 20.5 Å². The number of aromatic amines is 1. The molecular formula is C15H12ClF2N3O2S. The Morgan fingerprint density at radius 3 is 3.08 bits per heavy atom. The molecule has 24 heavy (non-hydrogen) atoms. The number of halogens is 3. The first-order chi connectivity index (χ1) is 12.7. The summed E-state index contributed by atoms with van der Waals surface area (Å²) in [7, 11) is -2.66. The molecule has 0 saturated carbocycles. The second kappa shape index (κ2) is 7.23. The van der Waals surface area contributed by atoms with Gasteiger partial charge in [0.1, 0.15) is 5.75 Å². The molecule has 126 valence electrons. The van der Waals surface area contributed by atoms with Crippen LogP contribution >= 0.6 is 23.4 Å². The van der Waals surface area contributed by atoms with Crippen molar-refractivity contribution in [1.29, 1.82) is 0 Å². The Labute approximate surface area is 149 Å². The van der Waals surface area contributed by atoms with E-state index in [1.165, 1.54) is 36.2 Å². The Hall–Kier alpha value is -2.06. The molecule has 9 heteroatoms. The number of hydrogen-bond acceptors (Lipinski definition) is 5. The summed E-state index contributed by atoms with van der Waals surface area (Å²) in [5.41, 5.74) is 1.43. The smallest absolute Gasteiger partial charge is 0.387 e. The largest absolute Gasteiger partial charge is 0.493 e. The summed E-state index contributed by atoms with van der Waals surface area (Å²) in [4.78, 5) is 11.4. The molecule has 0 amide bonds. The van der Waals surface area contributed by atoms with Gasteiger partial charge < -0.3 is 14.5 Å². The molecule has 0 atom stereocenters. The number of thioether (sulfide) groups is 1. The van der Waals surface area contributed by atoms with Crippen molar-refractivity contribution in [2.24, 2.45) is 0 Å². The van der Waals surface area contributed by atoms with E-state index >= 15 is 0 Å². The van der Waals surface area contributed by atoms with Gasteiger partial charge in [-0.05, 0) is 18.2 Å². The van der Waals surface area contributed by atoms with Crippen LogP contribution in [0.25, 0.3) is 11.0 Å². The number of rotatable bonds is 6. The zero-order valence-electron chi connectivity index (χ0n) is 14.9. The van der Waals surface area contributed by atoms with Gasteiger partial charge in [0, 0.05) is 18.0 Å². The molecule has 0 fully saturated rings. The van der Waals surface area contributed by atoms with Crippen molar-refractivity contribution in [1.82, 2.24) is 15.0 Å². The van der Waals surface area contributed by atoms with E-state index in [0.717, 1.165) is 0 Å². The normalized spacial score (nSPS) is 13.6. The van der Waals surface area contributed by atoms with Gasteiger partial charge in [-0.3, -0.25) is 4.98 Å². The lowest BCUT2D eigenvalue weighted by molar-refractivity contribution is -0.0497. The first-order valence-corrected chi connectivity index (χ1v) is 7.97. The second-order valence-electron chi connectivity index (χ2n) is 4.56. The number of aromatic nitrogens is 3. The number of H-pyrrole nitrogens is 1. The zero-order chi connectivity index (χ0) is 19.6. The highest BCUT2D eigenvalue weighted by molar-refractivity contribution is 7.98. The third-order valence-electron chi connectivity index (χ3n) is 3.04. The molecule has 2 aromatic heterocycles. The van der Waals surface area contributed by atoms with E-state index < -0.39 is 13.6 Å². The lowest BCUT2D eigenvalue weighted by atomic mass is 10.3. The fraction of sp³-hybridized carbons (Fsp3) is 0.200. The van der Waals surface area contributed by atoms with E-state index in [9.17, 15) is 8.78 Å². The average molecular weight is 375 g/mol. The van der Waals surface area contributed by atoms with Crippen LogP contribution in [-0.4, -0.2) is 28.6 Å². The van der Waals surface area contributed by atoms with E-state index in [1.54, 1.807) is 6.07 Å². The van der Waals surface area contributed by atoms with Gasteiger partial charge in [0.25, 0.3) is 0 Å². The van der Waals surface area contributed by atoms with Gasteiger partial charge >= 0.3 is 6.61 Å². The summed E-state index contributed by atoms with van der Waals surface area (Å²) in [5.74, 6) is 0.215. The van der Waals surface area contributed by atoms with Gasteiger partial charge in [-0.2, -0.15) is 8.78 Å². The predicted octanol–water partition coefficient (Wildman–Crippen LogP) is 4.51. The van der Waals surface area contributed by atoms with Crippen LogP contribution < -0.4 is 9.47 Å². The molecule has 5 nitrogen and oxygen atoms in total. The number of nitrogens with one attached hydrogen (secondary N) is 1. The van der Waals surface area contributed by atoms with Crippen molar-refractivity contribution in [2.45, 2.75) is 17.5 Å². The Morgan fingerprint density at radius 1 is 1.42 bits per heavy atom. The van der Waals surface area contributed by atoms with Crippen molar-refractivity contribution in [3.05, 3.63) is 41.2 Å². The molecule has 0 saturated heterocycles. The molecular weight excluding hydrogens is 360 g/mol. The Balaban J connectivity index is 1.78. The van der Waals surface area contributed by atoms with Crippen LogP contribution in [0.15, 0.2) is 35.6 Å². The first-order valence-electron chi connectivity index (χ1n) is 8.11. The number of hydrogen-bond donors (Lipinski definition) is 1. The molecule has 0 aliphatic carbocycles. The van der Waals surface area contributed by atoms with E-state index in [0.29, 0.717) is 21.9 Å². The summed E-state index contributed by atoms with van der Waals surface area (Å²) in [6, 6.07) is 5.80. The predicted molar refractivity (Wildman–Crippen MR) is 88.1 cm³/mol. The monoisotopic (exact) mass is 374 g/mol. The van der Waals surface area contributed by atoms with Crippen LogP contribution in [0.2, 0.25) is 5.02 Å². The number of ether oxygens (including phenoxy) is 2. The highest BCUT2D eigenvalue weighted by Crippen LogP contribution is 2.31. The molecule has 3 aromatic rings. The minimum Gasteiger partial charge on any atom is -0.493 e. The van der Waals surface area contributed by atoms with Crippen LogP contribution in [0, 0.1) is 0 Å². The minimum atomic E-state index is -2.92. The standard InChI is InChI=1S/C15H12ClF2N3O2S/c1-22-13-9(16)4-5-19-12(13)7-24-15-20-10-3-2-8(23-14(17)18)6-11(10)21-15/h2-6,14H,7H2,1H3,(H,20,21)/i1D3. The van der Waals surface area contributed by atoms with Crippen molar-refractivity contribution in [3.63, 3.8) is 0 Å². The third kappa shape index (κ3) is 3.70. The summed E-state index contributed by atoms with van der Waals surface area (Å²) in [6.45, 7) is -2.92. The van der Waals surface area contributed by atoms with Crippen molar-refractivity contribution < 1.29 is 22.4 Å². The molecule has 1 aromatic carbocycles. The van der Waals surface area contributed by atoms with Crippen LogP contribution in [0.5, 0.6) is 11.5 Å². The number of nitrogens with zero attached hydrogens (tertiary/aromatic N) is 2. The molecule has 0 aliphatic heterocycles. The second-order valence-corrected chi connectivity index (χ2v) is 5.93. The zero-order valence-corrected chi connectivity index (χ0v) is 13.5. The quantitative estimate of drug-likeness (QED) is 0.643. The molecule has 0 unspecified atom stereocenters. The summed E-state index contributed by atoms with van der Waals surface area (Å²) >= 11 is 7.24. The lowest BCUT2D eigenvalue weighted by Crippen LogP contribution is -2.01. The van der Waals surface area contributed by atoms with Gasteiger partial charge in [0.15, 0.2) is 10.9 Å². The van der Waals surface area contributed by atoms with Gasteiger partial charge in [-0.25, -0.2) is 4.98 Å². The third-order valence-corrected chi connectivity index (χ3v) is 4.22. The van der Waals surface area contributed by atoms with Gasteiger partial charge in [0.2, 0.25) is 0 Å². The first kappa shape index (κ1) is 13.3. The maximum atomic E-state index is 12.3. The molecule has 1 N–H and O–H groups in total. The number of alkyl halides is 2. The number of methoxy groups -OCH3 is 1. The highest BCUT2D eigenvalue weighted by atomic mass is 35.5. The topological polar surface area (TPSA) is 60.0 Å². The summed E-state index contributed by atoms with van der Waals surface area (Å²) in [5, 5.41) is 0.621.